The maximum absolute atomic E-state index is 15.0. The number of carbonyl (C=O) groups excluding carboxylic acids is 1. The average Bonchev–Trinajstić information content (AvgIpc) is 3.47. The molecular weight excluding hydrogens is 428 g/mol. The first-order valence-electron chi connectivity index (χ1n) is 9.94. The van der Waals surface area contributed by atoms with E-state index in [1.54, 1.807) is 50.2 Å². The van der Waals surface area contributed by atoms with Gasteiger partial charge in [0.15, 0.2) is 0 Å². The third-order valence-electron chi connectivity index (χ3n) is 5.04. The first-order valence-corrected chi connectivity index (χ1v) is 9.94. The molecule has 1 aromatic carbocycles. The van der Waals surface area contributed by atoms with Gasteiger partial charge in [0.1, 0.15) is 17.3 Å². The largest absolute Gasteiger partial charge is 0.322 e. The Morgan fingerprint density at radius 3 is 2.36 bits per heavy atom. The van der Waals surface area contributed by atoms with Crippen molar-refractivity contribution in [1.29, 1.82) is 0 Å². The molecule has 10 heteroatoms. The van der Waals surface area contributed by atoms with Crippen LogP contribution in [0.4, 0.5) is 14.5 Å². The fourth-order valence-electron chi connectivity index (χ4n) is 3.48. The molecule has 0 aliphatic heterocycles. The highest BCUT2D eigenvalue weighted by Crippen LogP contribution is 2.31. The summed E-state index contributed by atoms with van der Waals surface area (Å²) in [4.78, 5) is 12.3. The Hall–Kier alpha value is -4.34. The molecule has 0 atom stereocenters. The van der Waals surface area contributed by atoms with Gasteiger partial charge in [-0.25, -0.2) is 8.78 Å². The summed E-state index contributed by atoms with van der Waals surface area (Å²) in [6.45, 7) is 5.37. The Labute approximate surface area is 188 Å². The second-order valence-electron chi connectivity index (χ2n) is 7.51. The van der Waals surface area contributed by atoms with Gasteiger partial charge in [0.25, 0.3) is 5.91 Å². The van der Waals surface area contributed by atoms with E-state index in [-0.39, 0.29) is 16.8 Å². The first-order chi connectivity index (χ1) is 15.8. The standard InChI is InChI=1S/C23H21F2N7O/c1-5-20-17(22(30-29-20)14-9-26-31(3)11-14)6-13(2)21-18(24)7-16(8-19(21)25)28-23(33)15-10-27-32(4)12-15/h5-12H,1H2,2-4H3,(H,28,33)(H,29,30)/b13-6+. The molecule has 0 saturated carbocycles. The Kier molecular flexibility index (Phi) is 5.74. The molecule has 0 fully saturated rings. The molecule has 1 amide bonds. The zero-order valence-corrected chi connectivity index (χ0v) is 18.2. The number of carbonyl (C=O) groups is 1. The Morgan fingerprint density at radius 2 is 1.79 bits per heavy atom. The number of aromatic amines is 1. The van der Waals surface area contributed by atoms with Crippen LogP contribution in [0.3, 0.4) is 0 Å². The van der Waals surface area contributed by atoms with Crippen LogP contribution in [-0.2, 0) is 14.1 Å². The number of rotatable bonds is 6. The second kappa shape index (κ2) is 8.65. The van der Waals surface area contributed by atoms with E-state index in [0.717, 1.165) is 17.7 Å². The molecule has 8 nitrogen and oxygen atoms in total. The SMILES string of the molecule is C=Cc1[nH]nc(-c2cnn(C)c2)c1/C=C(\C)c1c(F)cc(NC(=O)c2cnn(C)c2)cc1F. The minimum atomic E-state index is -0.809. The van der Waals surface area contributed by atoms with Gasteiger partial charge in [-0.1, -0.05) is 6.58 Å². The minimum Gasteiger partial charge on any atom is -0.322 e. The third-order valence-corrected chi connectivity index (χ3v) is 5.04. The third kappa shape index (κ3) is 4.36. The lowest BCUT2D eigenvalue weighted by molar-refractivity contribution is 0.102. The fourth-order valence-corrected chi connectivity index (χ4v) is 3.48. The molecule has 0 bridgehead atoms. The number of anilines is 1. The molecule has 0 saturated heterocycles. The van der Waals surface area contributed by atoms with Crippen molar-refractivity contribution in [3.63, 3.8) is 0 Å². The minimum absolute atomic E-state index is 0.00143. The van der Waals surface area contributed by atoms with Gasteiger partial charge in [-0.05, 0) is 36.8 Å². The number of halogens is 2. The van der Waals surface area contributed by atoms with Crippen LogP contribution in [0.1, 0.15) is 34.1 Å². The number of nitrogens with zero attached hydrogens (tertiary/aromatic N) is 5. The lowest BCUT2D eigenvalue weighted by atomic mass is 10.00. The summed E-state index contributed by atoms with van der Waals surface area (Å²) in [5.74, 6) is -2.13. The summed E-state index contributed by atoms with van der Waals surface area (Å²) < 4.78 is 33.0. The quantitative estimate of drug-likeness (QED) is 0.460. The van der Waals surface area contributed by atoms with Crippen molar-refractivity contribution in [2.45, 2.75) is 6.92 Å². The lowest BCUT2D eigenvalue weighted by Crippen LogP contribution is -2.12. The molecule has 4 rings (SSSR count). The number of nitrogens with one attached hydrogen (secondary N) is 2. The topological polar surface area (TPSA) is 93.4 Å². The van der Waals surface area contributed by atoms with E-state index in [0.29, 0.717) is 22.5 Å². The summed E-state index contributed by atoms with van der Waals surface area (Å²) in [5, 5.41) is 17.7. The molecule has 168 valence electrons. The van der Waals surface area contributed by atoms with Crippen LogP contribution in [0.15, 0.2) is 43.5 Å². The van der Waals surface area contributed by atoms with E-state index in [1.807, 2.05) is 0 Å². The molecule has 2 N–H and O–H groups in total. The highest BCUT2D eigenvalue weighted by atomic mass is 19.1. The zero-order valence-electron chi connectivity index (χ0n) is 18.2. The van der Waals surface area contributed by atoms with Crippen molar-refractivity contribution >= 4 is 29.3 Å². The van der Waals surface area contributed by atoms with Crippen molar-refractivity contribution < 1.29 is 13.6 Å². The van der Waals surface area contributed by atoms with Crippen molar-refractivity contribution in [1.82, 2.24) is 29.8 Å². The van der Waals surface area contributed by atoms with Crippen molar-refractivity contribution in [2.75, 3.05) is 5.32 Å². The smallest absolute Gasteiger partial charge is 0.258 e. The van der Waals surface area contributed by atoms with E-state index in [9.17, 15) is 13.6 Å². The second-order valence-corrected chi connectivity index (χ2v) is 7.51. The summed E-state index contributed by atoms with van der Waals surface area (Å²) in [6.07, 6.45) is 9.53. The zero-order chi connectivity index (χ0) is 23.7. The maximum atomic E-state index is 15.0. The molecule has 0 spiro atoms. The summed E-state index contributed by atoms with van der Waals surface area (Å²) in [6, 6.07) is 2.16. The van der Waals surface area contributed by atoms with Crippen LogP contribution in [0.25, 0.3) is 29.0 Å². The number of hydrogen-bond donors (Lipinski definition) is 2. The fraction of sp³-hybridized carbons (Fsp3) is 0.130. The summed E-state index contributed by atoms with van der Waals surface area (Å²) in [5.41, 5.74) is 2.97. The molecule has 33 heavy (non-hydrogen) atoms. The van der Waals surface area contributed by atoms with Gasteiger partial charge >= 0.3 is 0 Å². The van der Waals surface area contributed by atoms with E-state index >= 15 is 0 Å². The lowest BCUT2D eigenvalue weighted by Gasteiger charge is -2.10. The van der Waals surface area contributed by atoms with Crippen LogP contribution in [0.5, 0.6) is 0 Å². The van der Waals surface area contributed by atoms with Gasteiger partial charge in [-0.3, -0.25) is 19.3 Å². The summed E-state index contributed by atoms with van der Waals surface area (Å²) in [7, 11) is 3.45. The van der Waals surface area contributed by atoms with Crippen LogP contribution in [0, 0.1) is 11.6 Å². The van der Waals surface area contributed by atoms with Crippen molar-refractivity contribution in [3.8, 4) is 11.3 Å². The monoisotopic (exact) mass is 449 g/mol. The van der Waals surface area contributed by atoms with E-state index in [2.05, 4.69) is 32.3 Å². The van der Waals surface area contributed by atoms with E-state index in [4.69, 9.17) is 0 Å². The maximum Gasteiger partial charge on any atom is 0.258 e. The van der Waals surface area contributed by atoms with Crippen LogP contribution >= 0.6 is 0 Å². The van der Waals surface area contributed by atoms with Gasteiger partial charge < -0.3 is 5.32 Å². The molecular formula is C23H21F2N7O. The predicted molar refractivity (Wildman–Crippen MR) is 122 cm³/mol. The number of aryl methyl sites for hydroxylation is 2. The number of benzene rings is 1. The Balaban J connectivity index is 1.68. The Bertz CT molecular complexity index is 1370. The van der Waals surface area contributed by atoms with Crippen molar-refractivity contribution in [3.05, 3.63) is 77.5 Å². The normalized spacial score (nSPS) is 11.6. The Morgan fingerprint density at radius 1 is 1.12 bits per heavy atom. The first kappa shape index (κ1) is 21.9. The van der Waals surface area contributed by atoms with E-state index in [1.165, 1.54) is 17.1 Å². The number of amides is 1. The molecule has 0 radical (unpaired) electrons. The summed E-state index contributed by atoms with van der Waals surface area (Å²) >= 11 is 0. The van der Waals surface area contributed by atoms with Gasteiger partial charge in [0.05, 0.1) is 23.7 Å². The number of allylic oxidation sites excluding steroid dienone is 1. The molecule has 4 aromatic rings. The van der Waals surface area contributed by atoms with Gasteiger partial charge in [0.2, 0.25) is 0 Å². The molecule has 3 aromatic heterocycles. The molecule has 3 heterocycles. The highest BCUT2D eigenvalue weighted by molar-refractivity contribution is 6.04. The van der Waals surface area contributed by atoms with E-state index < -0.39 is 17.5 Å². The van der Waals surface area contributed by atoms with Crippen LogP contribution < -0.4 is 5.32 Å². The van der Waals surface area contributed by atoms with Crippen LogP contribution in [-0.4, -0.2) is 35.7 Å². The molecule has 0 unspecified atom stereocenters. The van der Waals surface area contributed by atoms with Crippen LogP contribution in [0.2, 0.25) is 0 Å². The van der Waals surface area contributed by atoms with Gasteiger partial charge in [-0.2, -0.15) is 15.3 Å². The molecule has 0 aliphatic carbocycles. The predicted octanol–water partition coefficient (Wildman–Crippen LogP) is 4.28. The average molecular weight is 449 g/mol. The van der Waals surface area contributed by atoms with Crippen molar-refractivity contribution in [2.24, 2.45) is 14.1 Å². The van der Waals surface area contributed by atoms with Gasteiger partial charge in [-0.15, -0.1) is 0 Å². The number of hydrogen-bond acceptors (Lipinski definition) is 4. The molecule has 0 aliphatic rings. The highest BCUT2D eigenvalue weighted by Gasteiger charge is 2.18. The number of aromatic nitrogens is 6. The number of H-pyrrole nitrogens is 1. The van der Waals surface area contributed by atoms with Gasteiger partial charge in [0, 0.05) is 48.9 Å².